The van der Waals surface area contributed by atoms with E-state index in [1.54, 1.807) is 30.0 Å². The Balaban J connectivity index is 0.000000271. The molecule has 2 aromatic carbocycles. The number of para-hydroxylation sites is 1. The zero-order chi connectivity index (χ0) is 20.4. The SMILES string of the molecule is CC(C)N(C(=O)CCl)c1ccccc1.CCC(=O)Nc1ccc(Cl)c(Cl)c1. The van der Waals surface area contributed by atoms with E-state index in [4.69, 9.17) is 34.8 Å². The molecular formula is C20H23Cl3N2O2. The highest BCUT2D eigenvalue weighted by Crippen LogP contribution is 2.25. The standard InChI is InChI=1S/C11H14ClNO.C9H9Cl2NO/c1-9(2)13(11(14)8-12)10-6-4-3-5-7-10;1-2-9(13)12-6-3-4-7(10)8(11)5-6/h3-7,9H,8H2,1-2H3;3-5H,2H2,1H3,(H,12,13). The highest BCUT2D eigenvalue weighted by Gasteiger charge is 2.17. The highest BCUT2D eigenvalue weighted by atomic mass is 35.5. The van der Waals surface area contributed by atoms with Gasteiger partial charge >= 0.3 is 0 Å². The second-order valence-corrected chi connectivity index (χ2v) is 6.94. The molecule has 0 heterocycles. The lowest BCUT2D eigenvalue weighted by Gasteiger charge is -2.25. The van der Waals surface area contributed by atoms with E-state index in [0.717, 1.165) is 5.69 Å². The number of anilines is 2. The van der Waals surface area contributed by atoms with Crippen LogP contribution >= 0.6 is 34.8 Å². The number of carbonyl (C=O) groups is 2. The van der Waals surface area contributed by atoms with Gasteiger partial charge in [0.05, 0.1) is 10.0 Å². The Labute approximate surface area is 175 Å². The summed E-state index contributed by atoms with van der Waals surface area (Å²) in [5.74, 6) is -0.0844. The van der Waals surface area contributed by atoms with E-state index in [9.17, 15) is 9.59 Å². The average molecular weight is 430 g/mol. The van der Waals surface area contributed by atoms with Crippen LogP contribution < -0.4 is 10.2 Å². The third-order valence-corrected chi connectivity index (χ3v) is 4.43. The minimum absolute atomic E-state index is 0.0209. The first-order valence-corrected chi connectivity index (χ1v) is 9.77. The van der Waals surface area contributed by atoms with Gasteiger partial charge in [0.15, 0.2) is 0 Å². The summed E-state index contributed by atoms with van der Waals surface area (Å²) in [5, 5.41) is 3.60. The Morgan fingerprint density at radius 1 is 1.04 bits per heavy atom. The van der Waals surface area contributed by atoms with Gasteiger partial charge in [0, 0.05) is 23.8 Å². The van der Waals surface area contributed by atoms with Gasteiger partial charge in [-0.25, -0.2) is 0 Å². The summed E-state index contributed by atoms with van der Waals surface area (Å²) in [6, 6.07) is 14.7. The van der Waals surface area contributed by atoms with Crippen molar-refractivity contribution in [2.75, 3.05) is 16.1 Å². The van der Waals surface area contributed by atoms with Gasteiger partial charge < -0.3 is 10.2 Å². The summed E-state index contributed by atoms with van der Waals surface area (Å²) in [4.78, 5) is 24.2. The van der Waals surface area contributed by atoms with E-state index < -0.39 is 0 Å². The van der Waals surface area contributed by atoms with Crippen LogP contribution in [-0.4, -0.2) is 23.7 Å². The molecule has 0 radical (unpaired) electrons. The number of halogens is 3. The molecule has 0 saturated heterocycles. The Morgan fingerprint density at radius 2 is 1.67 bits per heavy atom. The van der Waals surface area contributed by atoms with E-state index in [0.29, 0.717) is 22.2 Å². The van der Waals surface area contributed by atoms with Crippen molar-refractivity contribution in [3.8, 4) is 0 Å². The number of carbonyl (C=O) groups excluding carboxylic acids is 2. The molecule has 0 bridgehead atoms. The molecule has 1 N–H and O–H groups in total. The number of hydrogen-bond donors (Lipinski definition) is 1. The van der Waals surface area contributed by atoms with Gasteiger partial charge in [-0.15, -0.1) is 11.6 Å². The van der Waals surface area contributed by atoms with Crippen molar-refractivity contribution in [1.29, 1.82) is 0 Å². The Kier molecular flexibility index (Phi) is 10.2. The molecule has 0 aliphatic carbocycles. The molecule has 7 heteroatoms. The summed E-state index contributed by atoms with van der Waals surface area (Å²) in [7, 11) is 0. The fraction of sp³-hybridized carbons (Fsp3) is 0.300. The molecule has 2 rings (SSSR count). The smallest absolute Gasteiger partial charge is 0.242 e. The molecule has 0 spiro atoms. The van der Waals surface area contributed by atoms with E-state index in [1.165, 1.54) is 0 Å². The lowest BCUT2D eigenvalue weighted by atomic mass is 10.2. The summed E-state index contributed by atoms with van der Waals surface area (Å²) in [6.07, 6.45) is 0.445. The van der Waals surface area contributed by atoms with E-state index in [1.807, 2.05) is 44.2 Å². The van der Waals surface area contributed by atoms with Crippen LogP contribution in [0.15, 0.2) is 48.5 Å². The minimum atomic E-state index is -0.0622. The highest BCUT2D eigenvalue weighted by molar-refractivity contribution is 6.42. The van der Waals surface area contributed by atoms with Crippen molar-refractivity contribution in [2.45, 2.75) is 33.2 Å². The lowest BCUT2D eigenvalue weighted by Crippen LogP contribution is -2.37. The molecule has 2 aromatic rings. The monoisotopic (exact) mass is 428 g/mol. The number of hydrogen-bond acceptors (Lipinski definition) is 2. The van der Waals surface area contributed by atoms with Gasteiger partial charge in [-0.2, -0.15) is 0 Å². The van der Waals surface area contributed by atoms with Crippen LogP contribution in [-0.2, 0) is 9.59 Å². The van der Waals surface area contributed by atoms with Gasteiger partial charge in [-0.3, -0.25) is 9.59 Å². The van der Waals surface area contributed by atoms with Crippen molar-refractivity contribution in [1.82, 2.24) is 0 Å². The number of benzene rings is 2. The van der Waals surface area contributed by atoms with Gasteiger partial charge in [0.25, 0.3) is 0 Å². The maximum absolute atomic E-state index is 11.5. The summed E-state index contributed by atoms with van der Waals surface area (Å²) >= 11 is 17.0. The van der Waals surface area contributed by atoms with Crippen LogP contribution in [0, 0.1) is 0 Å². The van der Waals surface area contributed by atoms with Gasteiger partial charge in [-0.1, -0.05) is 48.3 Å². The van der Waals surface area contributed by atoms with E-state index >= 15 is 0 Å². The van der Waals surface area contributed by atoms with Crippen LogP contribution in [0.4, 0.5) is 11.4 Å². The van der Waals surface area contributed by atoms with Gasteiger partial charge in [0.1, 0.15) is 5.88 Å². The number of nitrogens with zero attached hydrogens (tertiary/aromatic N) is 1. The molecule has 0 unspecified atom stereocenters. The molecular weight excluding hydrogens is 407 g/mol. The second-order valence-electron chi connectivity index (χ2n) is 5.86. The molecule has 4 nitrogen and oxygen atoms in total. The van der Waals surface area contributed by atoms with Crippen molar-refractivity contribution < 1.29 is 9.59 Å². The van der Waals surface area contributed by atoms with Crippen LogP contribution in [0.25, 0.3) is 0 Å². The third-order valence-electron chi connectivity index (χ3n) is 3.46. The molecule has 0 saturated carbocycles. The summed E-state index contributed by atoms with van der Waals surface area (Å²) < 4.78 is 0. The zero-order valence-corrected chi connectivity index (χ0v) is 17.8. The summed E-state index contributed by atoms with van der Waals surface area (Å²) in [6.45, 7) is 5.72. The number of amides is 2. The second kappa shape index (κ2) is 11.9. The van der Waals surface area contributed by atoms with Crippen LogP contribution in [0.3, 0.4) is 0 Å². The van der Waals surface area contributed by atoms with Gasteiger partial charge in [0.2, 0.25) is 11.8 Å². The molecule has 146 valence electrons. The molecule has 0 aromatic heterocycles. The Bertz CT molecular complexity index is 752. The maximum atomic E-state index is 11.5. The molecule has 0 aliphatic heterocycles. The van der Waals surface area contributed by atoms with E-state index in [-0.39, 0.29) is 23.7 Å². The predicted octanol–water partition coefficient (Wildman–Crippen LogP) is 6.01. The molecule has 0 aliphatic rings. The molecule has 2 amide bonds. The lowest BCUT2D eigenvalue weighted by molar-refractivity contribution is -0.117. The first-order valence-electron chi connectivity index (χ1n) is 8.48. The average Bonchev–Trinajstić information content (AvgIpc) is 2.65. The van der Waals surface area contributed by atoms with Crippen LogP contribution in [0.1, 0.15) is 27.2 Å². The minimum Gasteiger partial charge on any atom is -0.326 e. The number of alkyl halides is 1. The maximum Gasteiger partial charge on any atom is 0.242 e. The molecule has 0 fully saturated rings. The molecule has 0 atom stereocenters. The normalized spacial score (nSPS) is 10.0. The van der Waals surface area contributed by atoms with Gasteiger partial charge in [-0.05, 0) is 44.2 Å². The van der Waals surface area contributed by atoms with E-state index in [2.05, 4.69) is 5.32 Å². The fourth-order valence-corrected chi connectivity index (χ4v) is 2.63. The fourth-order valence-electron chi connectivity index (χ4n) is 2.21. The summed E-state index contributed by atoms with van der Waals surface area (Å²) in [5.41, 5.74) is 1.56. The quantitative estimate of drug-likeness (QED) is 0.592. The zero-order valence-electron chi connectivity index (χ0n) is 15.5. The predicted molar refractivity (Wildman–Crippen MR) is 115 cm³/mol. The van der Waals surface area contributed by atoms with Crippen LogP contribution in [0.2, 0.25) is 10.0 Å². The number of nitrogens with one attached hydrogen (secondary N) is 1. The van der Waals surface area contributed by atoms with Crippen molar-refractivity contribution in [3.05, 3.63) is 58.6 Å². The van der Waals surface area contributed by atoms with Crippen LogP contribution in [0.5, 0.6) is 0 Å². The van der Waals surface area contributed by atoms with Crippen molar-refractivity contribution in [3.63, 3.8) is 0 Å². The largest absolute Gasteiger partial charge is 0.326 e. The molecule has 27 heavy (non-hydrogen) atoms. The first-order chi connectivity index (χ1) is 12.8. The Hall–Kier alpha value is -1.75. The van der Waals surface area contributed by atoms with Crippen molar-refractivity contribution in [2.24, 2.45) is 0 Å². The van der Waals surface area contributed by atoms with Crippen molar-refractivity contribution >= 4 is 58.0 Å². The first kappa shape index (κ1) is 23.3. The third kappa shape index (κ3) is 7.79. The topological polar surface area (TPSA) is 49.4 Å². The Morgan fingerprint density at radius 3 is 2.15 bits per heavy atom. The number of rotatable bonds is 5.